The molecule has 0 aromatic heterocycles. The third kappa shape index (κ3) is 14.7. The van der Waals surface area contributed by atoms with Crippen molar-refractivity contribution < 1.29 is 9.47 Å². The Balaban J connectivity index is 1.53. The molecule has 0 unspecified atom stereocenters. The summed E-state index contributed by atoms with van der Waals surface area (Å²) in [7, 11) is 0. The van der Waals surface area contributed by atoms with Crippen LogP contribution in [0, 0.1) is 0 Å². The Labute approximate surface area is 297 Å². The standard InChI is InChI=1S/C46H74O2/c1-6-8-10-12-14-16-18-20-22-24-26-30-36-47-44-40-32-28-29-33-41(40)45(43-38-39(46(3,4)5)34-35-42(43)44)48-37-31-27-25-23-21-19-17-15-13-11-9-7-2/h28-29,32-35,38H,6-27,30-31,36-37H2,1-5H3. The monoisotopic (exact) mass is 659 g/mol. The molecule has 2 nitrogen and oxygen atoms in total. The van der Waals surface area contributed by atoms with Gasteiger partial charge in [0.2, 0.25) is 0 Å². The van der Waals surface area contributed by atoms with E-state index in [0.29, 0.717) is 0 Å². The molecule has 0 saturated carbocycles. The highest BCUT2D eigenvalue weighted by Gasteiger charge is 2.20. The van der Waals surface area contributed by atoms with Gasteiger partial charge in [-0.2, -0.15) is 0 Å². The zero-order chi connectivity index (χ0) is 34.3. The molecule has 0 aliphatic carbocycles. The maximum Gasteiger partial charge on any atom is 0.135 e. The second-order valence-electron chi connectivity index (χ2n) is 15.7. The van der Waals surface area contributed by atoms with Gasteiger partial charge in [-0.15, -0.1) is 0 Å². The van der Waals surface area contributed by atoms with Crippen molar-refractivity contribution in [3.05, 3.63) is 48.0 Å². The molecule has 0 fully saturated rings. The number of fused-ring (bicyclic) bond motifs is 2. The smallest absolute Gasteiger partial charge is 0.135 e. The van der Waals surface area contributed by atoms with E-state index in [1.54, 1.807) is 0 Å². The topological polar surface area (TPSA) is 18.5 Å². The van der Waals surface area contributed by atoms with Crippen LogP contribution in [0.4, 0.5) is 0 Å². The summed E-state index contributed by atoms with van der Waals surface area (Å²) < 4.78 is 13.4. The number of benzene rings is 3. The zero-order valence-electron chi connectivity index (χ0n) is 32.2. The van der Waals surface area contributed by atoms with Crippen molar-refractivity contribution in [2.75, 3.05) is 13.2 Å². The summed E-state index contributed by atoms with van der Waals surface area (Å²) in [5.41, 5.74) is 1.41. The minimum Gasteiger partial charge on any atom is -0.492 e. The van der Waals surface area contributed by atoms with Crippen molar-refractivity contribution in [3.63, 3.8) is 0 Å². The average Bonchev–Trinajstić information content (AvgIpc) is 3.08. The normalized spacial score (nSPS) is 11.9. The van der Waals surface area contributed by atoms with E-state index in [4.69, 9.17) is 9.47 Å². The van der Waals surface area contributed by atoms with E-state index >= 15 is 0 Å². The number of ether oxygens (including phenoxy) is 2. The molecule has 0 N–H and O–H groups in total. The Kier molecular flexibility index (Phi) is 20.1. The molecule has 48 heavy (non-hydrogen) atoms. The van der Waals surface area contributed by atoms with Crippen LogP contribution in [0.2, 0.25) is 0 Å². The summed E-state index contributed by atoms with van der Waals surface area (Å²) >= 11 is 0. The van der Waals surface area contributed by atoms with Gasteiger partial charge in [-0.1, -0.05) is 212 Å². The first-order chi connectivity index (χ1) is 23.5. The molecule has 0 aliphatic rings. The molecule has 0 saturated heterocycles. The molecular formula is C46H74O2. The van der Waals surface area contributed by atoms with Gasteiger partial charge >= 0.3 is 0 Å². The van der Waals surface area contributed by atoms with E-state index in [1.807, 2.05) is 0 Å². The fraction of sp³-hybridized carbons (Fsp3) is 0.696. The second kappa shape index (κ2) is 24.0. The number of hydrogen-bond acceptors (Lipinski definition) is 2. The first-order valence-electron chi connectivity index (χ1n) is 20.7. The van der Waals surface area contributed by atoms with Crippen molar-refractivity contribution in [1.82, 2.24) is 0 Å². The maximum atomic E-state index is 6.71. The minimum atomic E-state index is 0.0721. The van der Waals surface area contributed by atoms with Crippen LogP contribution in [0.15, 0.2) is 42.5 Å². The van der Waals surface area contributed by atoms with Crippen molar-refractivity contribution >= 4 is 21.5 Å². The summed E-state index contributed by atoms with van der Waals surface area (Å²) in [5, 5.41) is 4.74. The maximum absolute atomic E-state index is 6.71. The number of unbranched alkanes of at least 4 members (excludes halogenated alkanes) is 22. The van der Waals surface area contributed by atoms with Crippen LogP contribution >= 0.6 is 0 Å². The Morgan fingerprint density at radius 3 is 1.10 bits per heavy atom. The Morgan fingerprint density at radius 2 is 0.729 bits per heavy atom. The second-order valence-corrected chi connectivity index (χ2v) is 15.7. The highest BCUT2D eigenvalue weighted by atomic mass is 16.5. The first kappa shape index (κ1) is 40.2. The lowest BCUT2D eigenvalue weighted by molar-refractivity contribution is 0.306. The lowest BCUT2D eigenvalue weighted by Gasteiger charge is -2.22. The molecule has 270 valence electrons. The predicted octanol–water partition coefficient (Wildman–Crippen LogP) is 15.5. The van der Waals surface area contributed by atoms with E-state index in [-0.39, 0.29) is 5.41 Å². The molecule has 0 atom stereocenters. The van der Waals surface area contributed by atoms with Crippen LogP contribution in [0.5, 0.6) is 11.5 Å². The highest BCUT2D eigenvalue weighted by molar-refractivity contribution is 6.11. The summed E-state index contributed by atoms with van der Waals surface area (Å²) in [6.07, 6.45) is 32.6. The largest absolute Gasteiger partial charge is 0.492 e. The van der Waals surface area contributed by atoms with Gasteiger partial charge in [0.15, 0.2) is 0 Å². The molecule has 0 bridgehead atoms. The molecule has 3 rings (SSSR count). The molecule has 0 heterocycles. The van der Waals surface area contributed by atoms with E-state index in [2.05, 4.69) is 77.1 Å². The van der Waals surface area contributed by atoms with Gasteiger partial charge in [0.05, 0.1) is 13.2 Å². The Bertz CT molecular complexity index is 1250. The molecule has 0 spiro atoms. The van der Waals surface area contributed by atoms with Crippen LogP contribution in [0.3, 0.4) is 0 Å². The Morgan fingerprint density at radius 1 is 0.396 bits per heavy atom. The minimum absolute atomic E-state index is 0.0721. The van der Waals surface area contributed by atoms with Crippen molar-refractivity contribution in [2.45, 2.75) is 194 Å². The highest BCUT2D eigenvalue weighted by Crippen LogP contribution is 2.44. The van der Waals surface area contributed by atoms with Crippen molar-refractivity contribution in [1.29, 1.82) is 0 Å². The van der Waals surface area contributed by atoms with Crippen LogP contribution in [0.25, 0.3) is 21.5 Å². The quantitative estimate of drug-likeness (QED) is 0.0571. The summed E-state index contributed by atoms with van der Waals surface area (Å²) in [4.78, 5) is 0. The molecular weight excluding hydrogens is 585 g/mol. The van der Waals surface area contributed by atoms with Gasteiger partial charge in [-0.05, 0) is 29.9 Å². The van der Waals surface area contributed by atoms with E-state index in [1.165, 1.54) is 168 Å². The predicted molar refractivity (Wildman–Crippen MR) is 213 cm³/mol. The summed E-state index contributed by atoms with van der Waals surface area (Å²) in [6.45, 7) is 13.0. The van der Waals surface area contributed by atoms with Crippen molar-refractivity contribution in [2.24, 2.45) is 0 Å². The Hall–Kier alpha value is -2.22. The fourth-order valence-electron chi connectivity index (χ4n) is 7.11. The van der Waals surface area contributed by atoms with Gasteiger partial charge in [-0.3, -0.25) is 0 Å². The third-order valence-corrected chi connectivity index (χ3v) is 10.3. The zero-order valence-corrected chi connectivity index (χ0v) is 32.2. The van der Waals surface area contributed by atoms with Crippen molar-refractivity contribution in [3.8, 4) is 11.5 Å². The average molecular weight is 659 g/mol. The molecule has 0 aliphatic heterocycles. The molecule has 3 aromatic carbocycles. The van der Waals surface area contributed by atoms with Gasteiger partial charge in [0.1, 0.15) is 11.5 Å². The van der Waals surface area contributed by atoms with Gasteiger partial charge in [0, 0.05) is 21.5 Å². The first-order valence-corrected chi connectivity index (χ1v) is 20.7. The fourth-order valence-corrected chi connectivity index (χ4v) is 7.11. The van der Waals surface area contributed by atoms with Crippen LogP contribution in [-0.2, 0) is 5.41 Å². The van der Waals surface area contributed by atoms with Gasteiger partial charge in [0.25, 0.3) is 0 Å². The molecule has 2 heteroatoms. The SMILES string of the molecule is CCCCCCCCCCCCCCOc1c2ccccc2c(OCCCCCCCCCCCCCC)c2cc(C(C)(C)C)ccc12. The number of rotatable bonds is 28. The van der Waals surface area contributed by atoms with Crippen LogP contribution in [-0.4, -0.2) is 13.2 Å². The van der Waals surface area contributed by atoms with Crippen LogP contribution < -0.4 is 9.47 Å². The molecule has 3 aromatic rings. The lowest BCUT2D eigenvalue weighted by Crippen LogP contribution is -2.11. The summed E-state index contributed by atoms with van der Waals surface area (Å²) in [5.74, 6) is 2.06. The molecule has 0 radical (unpaired) electrons. The van der Waals surface area contributed by atoms with E-state index < -0.39 is 0 Å². The van der Waals surface area contributed by atoms with Gasteiger partial charge < -0.3 is 9.47 Å². The molecule has 0 amide bonds. The van der Waals surface area contributed by atoms with Crippen LogP contribution in [0.1, 0.15) is 194 Å². The lowest BCUT2D eigenvalue weighted by atomic mass is 9.85. The van der Waals surface area contributed by atoms with E-state index in [9.17, 15) is 0 Å². The van der Waals surface area contributed by atoms with Gasteiger partial charge in [-0.25, -0.2) is 0 Å². The number of hydrogen-bond donors (Lipinski definition) is 0. The summed E-state index contributed by atoms with van der Waals surface area (Å²) in [6, 6.07) is 15.7. The van der Waals surface area contributed by atoms with E-state index in [0.717, 1.165) is 37.6 Å². The third-order valence-electron chi connectivity index (χ3n) is 10.3.